The van der Waals surface area contributed by atoms with E-state index in [1.54, 1.807) is 0 Å². The fourth-order valence-corrected chi connectivity index (χ4v) is 1.71. The van der Waals surface area contributed by atoms with Crippen LogP contribution in [-0.4, -0.2) is 53.0 Å². The van der Waals surface area contributed by atoms with Crippen LogP contribution in [0.3, 0.4) is 0 Å². The summed E-state index contributed by atoms with van der Waals surface area (Å²) in [5.74, 6) is 0. The van der Waals surface area contributed by atoms with E-state index in [9.17, 15) is 4.79 Å². The second-order valence-corrected chi connectivity index (χ2v) is 4.18. The average Bonchev–Trinajstić information content (AvgIpc) is 2.37. The lowest BCUT2D eigenvalue weighted by atomic mass is 10.4. The van der Waals surface area contributed by atoms with Crippen molar-refractivity contribution in [1.29, 1.82) is 0 Å². The number of rotatable bonds is 8. The minimum absolute atomic E-state index is 0.0115. The molecular formula is C10H16BrN3O4. The Labute approximate surface area is 113 Å². The molecular weight excluding hydrogens is 306 g/mol. The summed E-state index contributed by atoms with van der Waals surface area (Å²) in [6.45, 7) is 1.23. The number of halogens is 1. The Bertz CT molecular complexity index is 424. The molecule has 102 valence electrons. The first-order valence-electron chi connectivity index (χ1n) is 5.49. The van der Waals surface area contributed by atoms with Crippen LogP contribution in [0.1, 0.15) is 0 Å². The van der Waals surface area contributed by atoms with Gasteiger partial charge >= 0.3 is 0 Å². The molecule has 8 heteroatoms. The third-order valence-corrected chi connectivity index (χ3v) is 2.86. The molecule has 1 aromatic heterocycles. The van der Waals surface area contributed by atoms with E-state index in [2.05, 4.69) is 26.3 Å². The van der Waals surface area contributed by atoms with Gasteiger partial charge in [-0.2, -0.15) is 5.10 Å². The monoisotopic (exact) mass is 321 g/mol. The van der Waals surface area contributed by atoms with Gasteiger partial charge in [-0.3, -0.25) is 4.79 Å². The Morgan fingerprint density at radius 1 is 1.39 bits per heavy atom. The molecule has 0 aromatic carbocycles. The summed E-state index contributed by atoms with van der Waals surface area (Å²) in [4.78, 5) is 11.8. The minimum atomic E-state index is -0.301. The second-order valence-electron chi connectivity index (χ2n) is 3.39. The van der Waals surface area contributed by atoms with Crippen molar-refractivity contribution >= 4 is 21.6 Å². The molecule has 0 aliphatic rings. The van der Waals surface area contributed by atoms with Crippen molar-refractivity contribution in [3.63, 3.8) is 0 Å². The Morgan fingerprint density at radius 2 is 2.17 bits per heavy atom. The predicted octanol–water partition coefficient (Wildman–Crippen LogP) is -0.581. The first-order chi connectivity index (χ1) is 8.70. The van der Waals surface area contributed by atoms with Crippen LogP contribution in [0.25, 0.3) is 0 Å². The van der Waals surface area contributed by atoms with E-state index in [1.807, 2.05) is 0 Å². The van der Waals surface area contributed by atoms with Gasteiger partial charge in [0.2, 0.25) is 0 Å². The zero-order valence-corrected chi connectivity index (χ0v) is 11.4. The van der Waals surface area contributed by atoms with Crippen molar-refractivity contribution in [1.82, 2.24) is 9.78 Å². The maximum Gasteiger partial charge on any atom is 0.283 e. The highest BCUT2D eigenvalue weighted by molar-refractivity contribution is 9.10. The molecule has 0 aliphatic heterocycles. The summed E-state index contributed by atoms with van der Waals surface area (Å²) in [5.41, 5.74) is 0.270. The van der Waals surface area contributed by atoms with Crippen molar-refractivity contribution < 1.29 is 14.9 Å². The molecule has 0 atom stereocenters. The van der Waals surface area contributed by atoms with Gasteiger partial charge in [-0.25, -0.2) is 4.68 Å². The number of hydrogen-bond donors (Lipinski definition) is 3. The van der Waals surface area contributed by atoms with Crippen LogP contribution in [0.5, 0.6) is 0 Å². The number of aromatic nitrogens is 2. The third-order valence-electron chi connectivity index (χ3n) is 2.09. The van der Waals surface area contributed by atoms with E-state index in [1.165, 1.54) is 10.9 Å². The number of hydrogen-bond acceptors (Lipinski definition) is 6. The van der Waals surface area contributed by atoms with Crippen LogP contribution in [0.2, 0.25) is 0 Å². The van der Waals surface area contributed by atoms with Crippen LogP contribution < -0.4 is 10.9 Å². The number of nitrogens with zero attached hydrogens (tertiary/aromatic N) is 2. The second kappa shape index (κ2) is 8.20. The van der Waals surface area contributed by atoms with E-state index in [0.29, 0.717) is 29.9 Å². The summed E-state index contributed by atoms with van der Waals surface area (Å²) in [5, 5.41) is 24.2. The van der Waals surface area contributed by atoms with Crippen molar-refractivity contribution in [2.24, 2.45) is 0 Å². The highest BCUT2D eigenvalue weighted by atomic mass is 79.9. The molecule has 0 aliphatic carbocycles. The average molecular weight is 322 g/mol. The van der Waals surface area contributed by atoms with Crippen molar-refractivity contribution in [2.45, 2.75) is 6.54 Å². The van der Waals surface area contributed by atoms with Crippen LogP contribution in [-0.2, 0) is 11.3 Å². The van der Waals surface area contributed by atoms with Gasteiger partial charge in [-0.15, -0.1) is 0 Å². The molecule has 1 heterocycles. The minimum Gasteiger partial charge on any atom is -0.394 e. The Kier molecular flexibility index (Phi) is 6.88. The molecule has 0 fully saturated rings. The molecule has 0 saturated heterocycles. The largest absolute Gasteiger partial charge is 0.394 e. The maximum absolute atomic E-state index is 11.8. The van der Waals surface area contributed by atoms with Crippen LogP contribution in [0.4, 0.5) is 5.69 Å². The maximum atomic E-state index is 11.8. The summed E-state index contributed by atoms with van der Waals surface area (Å²) in [7, 11) is 0. The zero-order chi connectivity index (χ0) is 13.4. The van der Waals surface area contributed by atoms with Gasteiger partial charge in [-0.1, -0.05) is 0 Å². The number of aliphatic hydroxyl groups excluding tert-OH is 2. The first-order valence-corrected chi connectivity index (χ1v) is 6.29. The van der Waals surface area contributed by atoms with Crippen LogP contribution in [0, 0.1) is 0 Å². The summed E-state index contributed by atoms with van der Waals surface area (Å²) < 4.78 is 6.62. The van der Waals surface area contributed by atoms with Crippen LogP contribution in [0.15, 0.2) is 15.5 Å². The molecule has 7 nitrogen and oxygen atoms in total. The normalized spacial score (nSPS) is 10.6. The SMILES string of the molecule is O=c1c(Br)c(NCCOCCO)cnn1CCO. The van der Waals surface area contributed by atoms with Gasteiger partial charge in [0.05, 0.1) is 44.9 Å². The van der Waals surface area contributed by atoms with Gasteiger partial charge in [0.25, 0.3) is 5.56 Å². The van der Waals surface area contributed by atoms with E-state index < -0.39 is 0 Å². The third kappa shape index (κ3) is 4.37. The van der Waals surface area contributed by atoms with Gasteiger partial charge in [0.15, 0.2) is 0 Å². The number of anilines is 1. The highest BCUT2D eigenvalue weighted by Crippen LogP contribution is 2.15. The fraction of sp³-hybridized carbons (Fsp3) is 0.600. The Balaban J connectivity index is 2.57. The molecule has 0 spiro atoms. The summed E-state index contributed by atoms with van der Waals surface area (Å²) in [6, 6.07) is 0. The molecule has 0 saturated carbocycles. The van der Waals surface area contributed by atoms with Crippen molar-refractivity contribution in [3.05, 3.63) is 21.0 Å². The predicted molar refractivity (Wildman–Crippen MR) is 69.7 cm³/mol. The Morgan fingerprint density at radius 3 is 2.83 bits per heavy atom. The number of aliphatic hydroxyl groups is 2. The van der Waals surface area contributed by atoms with Crippen molar-refractivity contribution in [3.8, 4) is 0 Å². The number of ether oxygens (including phenoxy) is 1. The molecule has 0 radical (unpaired) electrons. The van der Waals surface area contributed by atoms with Crippen molar-refractivity contribution in [2.75, 3.05) is 38.3 Å². The van der Waals surface area contributed by atoms with E-state index in [-0.39, 0.29) is 25.3 Å². The zero-order valence-electron chi connectivity index (χ0n) is 9.80. The molecule has 18 heavy (non-hydrogen) atoms. The van der Waals surface area contributed by atoms with Gasteiger partial charge in [-0.05, 0) is 15.9 Å². The Hall–Kier alpha value is -0.960. The quantitative estimate of drug-likeness (QED) is 0.554. The van der Waals surface area contributed by atoms with E-state index in [4.69, 9.17) is 14.9 Å². The molecule has 0 bridgehead atoms. The topological polar surface area (TPSA) is 96.6 Å². The summed E-state index contributed by atoms with van der Waals surface area (Å²) >= 11 is 3.19. The first kappa shape index (κ1) is 15.1. The lowest BCUT2D eigenvalue weighted by Crippen LogP contribution is -2.26. The standard InChI is InChI=1S/C10H16BrN3O4/c11-9-8(12-1-5-18-6-4-16)7-13-14(2-3-15)10(9)17/h7,12,15-16H,1-6H2. The van der Waals surface area contributed by atoms with E-state index >= 15 is 0 Å². The van der Waals surface area contributed by atoms with Gasteiger partial charge < -0.3 is 20.3 Å². The molecule has 3 N–H and O–H groups in total. The van der Waals surface area contributed by atoms with Crippen LogP contribution >= 0.6 is 15.9 Å². The number of nitrogens with one attached hydrogen (secondary N) is 1. The smallest absolute Gasteiger partial charge is 0.283 e. The fourth-order valence-electron chi connectivity index (χ4n) is 1.27. The molecule has 0 unspecified atom stereocenters. The molecule has 1 rings (SSSR count). The lowest BCUT2D eigenvalue weighted by molar-refractivity contribution is 0.0992. The van der Waals surface area contributed by atoms with E-state index in [0.717, 1.165) is 0 Å². The summed E-state index contributed by atoms with van der Waals surface area (Å²) in [6.07, 6.45) is 1.51. The highest BCUT2D eigenvalue weighted by Gasteiger charge is 2.07. The van der Waals surface area contributed by atoms with Gasteiger partial charge in [0, 0.05) is 6.54 Å². The van der Waals surface area contributed by atoms with Gasteiger partial charge in [0.1, 0.15) is 4.47 Å². The molecule has 0 amide bonds. The molecule has 1 aromatic rings. The lowest BCUT2D eigenvalue weighted by Gasteiger charge is -2.09.